The van der Waals surface area contributed by atoms with Gasteiger partial charge in [-0.15, -0.1) is 0 Å². The highest BCUT2D eigenvalue weighted by molar-refractivity contribution is 7.56. The van der Waals surface area contributed by atoms with E-state index in [0.29, 0.717) is 0 Å². The molecule has 0 aromatic heterocycles. The molecule has 0 amide bonds. The highest BCUT2D eigenvalue weighted by Gasteiger charge is 2.76. The summed E-state index contributed by atoms with van der Waals surface area (Å²) in [6.07, 6.45) is 0.726. The van der Waals surface area contributed by atoms with E-state index in [1.165, 1.54) is 36.5 Å². The van der Waals surface area contributed by atoms with Crippen molar-refractivity contribution in [2.24, 2.45) is 11.3 Å². The highest BCUT2D eigenvalue weighted by Crippen LogP contribution is 2.77. The Kier molecular flexibility index (Phi) is 3.62. The maximum Gasteiger partial charge on any atom is 0.340 e. The van der Waals surface area contributed by atoms with Crippen LogP contribution in [-0.4, -0.2) is 25.7 Å². The number of carbonyl (C=O) groups is 1. The van der Waals surface area contributed by atoms with Crippen LogP contribution in [0.3, 0.4) is 0 Å². The Hall–Kier alpha value is -1.74. The number of benzene rings is 2. The minimum Gasteiger partial charge on any atom is -0.311 e. The summed E-state index contributed by atoms with van der Waals surface area (Å²) in [7, 11) is -0.727. The Morgan fingerprint density at radius 3 is 1.85 bits per heavy atom. The Labute approximate surface area is 159 Å². The van der Waals surface area contributed by atoms with Gasteiger partial charge in [0.25, 0.3) is 0 Å². The number of hydrogen-bond donors (Lipinski definition) is 0. The second-order valence-corrected chi connectivity index (χ2v) is 10.2. The topological polar surface area (TPSA) is 52.6 Å². The third kappa shape index (κ3) is 1.82. The Balaban J connectivity index is 1.81. The van der Waals surface area contributed by atoms with E-state index in [1.54, 1.807) is 0 Å². The smallest absolute Gasteiger partial charge is 0.311 e. The summed E-state index contributed by atoms with van der Waals surface area (Å²) in [6, 6.07) is 16.8. The van der Waals surface area contributed by atoms with Gasteiger partial charge in [-0.2, -0.15) is 0 Å². The van der Waals surface area contributed by atoms with Gasteiger partial charge in [0.1, 0.15) is 5.66 Å². The lowest BCUT2D eigenvalue weighted by Gasteiger charge is -2.66. The van der Waals surface area contributed by atoms with Crippen LogP contribution >= 0.6 is 7.60 Å². The van der Waals surface area contributed by atoms with Gasteiger partial charge in [-0.3, -0.25) is 9.36 Å². The summed E-state index contributed by atoms with van der Waals surface area (Å²) in [6.45, 7) is 2.08. The molecule has 4 nitrogen and oxygen atoms in total. The van der Waals surface area contributed by atoms with Gasteiger partial charge in [-0.25, -0.2) is 0 Å². The van der Waals surface area contributed by atoms with Crippen molar-refractivity contribution in [1.82, 2.24) is 0 Å². The number of rotatable bonds is 4. The molecule has 1 saturated carbocycles. The molecule has 27 heavy (non-hydrogen) atoms. The number of Topliss-reactive ketones (excluding diaryl/α,β-unsaturated/α-hetero) is 1. The fourth-order valence-electron chi connectivity index (χ4n) is 6.25. The summed E-state index contributed by atoms with van der Waals surface area (Å²) in [5.41, 5.74) is 3.79. The van der Waals surface area contributed by atoms with Gasteiger partial charge in [-0.05, 0) is 28.7 Å². The highest BCUT2D eigenvalue weighted by atomic mass is 31.2. The molecule has 140 valence electrons. The Bertz CT molecular complexity index is 944. The lowest BCUT2D eigenvalue weighted by molar-refractivity contribution is -0.152. The van der Waals surface area contributed by atoms with Gasteiger partial charge in [-0.1, -0.05) is 55.5 Å². The van der Waals surface area contributed by atoms with E-state index in [-0.39, 0.29) is 23.5 Å². The van der Waals surface area contributed by atoms with E-state index in [9.17, 15) is 9.36 Å². The zero-order valence-electron chi connectivity index (χ0n) is 15.7. The molecule has 4 aliphatic rings. The van der Waals surface area contributed by atoms with Crippen LogP contribution in [0.15, 0.2) is 48.5 Å². The van der Waals surface area contributed by atoms with Crippen molar-refractivity contribution < 1.29 is 18.4 Å². The van der Waals surface area contributed by atoms with Crippen LogP contribution in [0.1, 0.15) is 47.4 Å². The molecule has 3 atom stereocenters. The maximum absolute atomic E-state index is 13.6. The van der Waals surface area contributed by atoms with Gasteiger partial charge < -0.3 is 9.05 Å². The molecule has 0 radical (unpaired) electrons. The first kappa shape index (κ1) is 17.4. The van der Waals surface area contributed by atoms with E-state index < -0.39 is 18.7 Å². The number of hydrogen-bond acceptors (Lipinski definition) is 4. The average molecular weight is 382 g/mol. The monoisotopic (exact) mass is 382 g/mol. The summed E-state index contributed by atoms with van der Waals surface area (Å²) in [5.74, 6) is 0.0380. The predicted molar refractivity (Wildman–Crippen MR) is 103 cm³/mol. The van der Waals surface area contributed by atoms with Crippen molar-refractivity contribution in [3.05, 3.63) is 70.8 Å². The van der Waals surface area contributed by atoms with Crippen molar-refractivity contribution in [3.8, 4) is 0 Å². The lowest BCUT2D eigenvalue weighted by atomic mass is 9.38. The maximum atomic E-state index is 13.6. The van der Waals surface area contributed by atoms with Crippen LogP contribution in [0, 0.1) is 11.3 Å². The molecule has 2 bridgehead atoms. The first-order valence-corrected chi connectivity index (χ1v) is 11.1. The normalized spacial score (nSPS) is 33.1. The van der Waals surface area contributed by atoms with Crippen molar-refractivity contribution >= 4 is 13.4 Å². The molecule has 2 aromatic rings. The van der Waals surface area contributed by atoms with Gasteiger partial charge in [0.15, 0.2) is 5.78 Å². The van der Waals surface area contributed by atoms with Crippen LogP contribution in [-0.2, 0) is 18.4 Å². The van der Waals surface area contributed by atoms with E-state index in [1.807, 2.05) is 0 Å². The van der Waals surface area contributed by atoms with Crippen LogP contribution in [0.4, 0.5) is 0 Å². The van der Waals surface area contributed by atoms with E-state index in [2.05, 4.69) is 55.5 Å². The molecule has 0 saturated heterocycles. The molecule has 0 heterocycles. The lowest BCUT2D eigenvalue weighted by Crippen LogP contribution is -2.69. The minimum atomic E-state index is -3.49. The van der Waals surface area contributed by atoms with E-state index in [0.717, 1.165) is 6.42 Å². The third-order valence-corrected chi connectivity index (χ3v) is 9.51. The molecular weight excluding hydrogens is 359 g/mol. The Morgan fingerprint density at radius 2 is 1.41 bits per heavy atom. The molecule has 1 fully saturated rings. The van der Waals surface area contributed by atoms with E-state index in [4.69, 9.17) is 9.05 Å². The molecule has 2 aromatic carbocycles. The average Bonchev–Trinajstić information content (AvgIpc) is 2.72. The van der Waals surface area contributed by atoms with Crippen molar-refractivity contribution in [1.29, 1.82) is 0 Å². The summed E-state index contributed by atoms with van der Waals surface area (Å²) < 4.78 is 23.9. The summed E-state index contributed by atoms with van der Waals surface area (Å²) >= 11 is 0. The van der Waals surface area contributed by atoms with Gasteiger partial charge in [0.05, 0.1) is 0 Å². The number of ketones is 1. The minimum absolute atomic E-state index is 0.0100. The van der Waals surface area contributed by atoms with Crippen LogP contribution in [0.5, 0.6) is 0 Å². The molecule has 5 heteroatoms. The van der Waals surface area contributed by atoms with Crippen molar-refractivity contribution in [2.75, 3.05) is 14.2 Å². The third-order valence-electron chi connectivity index (χ3n) is 7.26. The van der Waals surface area contributed by atoms with Gasteiger partial charge >= 0.3 is 7.60 Å². The SMILES string of the molecule is CCC12C(=O)C(P(=O)(OC)OC)C1C1c3ccccc3C2c2ccccc21. The molecule has 0 spiro atoms. The van der Waals surface area contributed by atoms with Crippen molar-refractivity contribution in [3.63, 3.8) is 0 Å². The fraction of sp³-hybridized carbons (Fsp3) is 0.409. The van der Waals surface area contributed by atoms with Crippen LogP contribution in [0.2, 0.25) is 0 Å². The Morgan fingerprint density at radius 1 is 0.926 bits per heavy atom. The summed E-state index contributed by atoms with van der Waals surface area (Å²) in [4.78, 5) is 13.6. The second kappa shape index (κ2) is 5.64. The van der Waals surface area contributed by atoms with Crippen molar-refractivity contribution in [2.45, 2.75) is 30.8 Å². The van der Waals surface area contributed by atoms with Gasteiger partial charge in [0, 0.05) is 37.4 Å². The first-order valence-electron chi connectivity index (χ1n) is 9.48. The predicted octanol–water partition coefficient (Wildman–Crippen LogP) is 4.73. The summed E-state index contributed by atoms with van der Waals surface area (Å²) in [5, 5.41) is 0. The van der Waals surface area contributed by atoms with Crippen LogP contribution in [0.25, 0.3) is 0 Å². The molecule has 6 rings (SSSR count). The zero-order chi connectivity index (χ0) is 19.0. The second-order valence-electron chi connectivity index (χ2n) is 7.80. The van der Waals surface area contributed by atoms with Gasteiger partial charge in [0.2, 0.25) is 0 Å². The first-order chi connectivity index (χ1) is 13.0. The largest absolute Gasteiger partial charge is 0.340 e. The van der Waals surface area contributed by atoms with Crippen LogP contribution < -0.4 is 0 Å². The standard InChI is InChI=1S/C22H23O4P/c1-4-22-18-15-11-7-5-9-13(15)17(14-10-6-8-12-16(14)18)19(22)20(21(22)23)27(24,25-2)26-3/h5-12,17-20H,4H2,1-3H3. The molecule has 0 N–H and O–H groups in total. The molecule has 0 aliphatic heterocycles. The molecular formula is C22H23O4P. The zero-order valence-corrected chi connectivity index (χ0v) is 16.6. The quantitative estimate of drug-likeness (QED) is 0.718. The number of carbonyl (C=O) groups excluding carboxylic acids is 1. The molecule has 4 aliphatic carbocycles. The fourth-order valence-corrected chi connectivity index (χ4v) is 8.21. The molecule has 3 unspecified atom stereocenters. The van der Waals surface area contributed by atoms with E-state index >= 15 is 0 Å².